The zero-order chi connectivity index (χ0) is 14.1. The van der Waals surface area contributed by atoms with E-state index in [1.807, 2.05) is 0 Å². The molecular weight excluding hydrogens is 286 g/mol. The third-order valence-corrected chi connectivity index (χ3v) is 3.21. The standard InChI is InChI=1S/C14H9ClF2N2O/c15-10-1-2-11(16)12(13(10)17)14-18-4-5-19(14)7-9-3-6-20-8-9/h1-6,8H,7H2. The van der Waals surface area contributed by atoms with E-state index in [4.69, 9.17) is 16.0 Å². The third-order valence-electron chi connectivity index (χ3n) is 2.92. The second-order valence-corrected chi connectivity index (χ2v) is 4.64. The molecule has 1 aromatic carbocycles. The predicted molar refractivity (Wildman–Crippen MR) is 70.4 cm³/mol. The summed E-state index contributed by atoms with van der Waals surface area (Å²) in [6.07, 6.45) is 6.22. The Hall–Kier alpha value is -2.14. The number of benzene rings is 1. The fraction of sp³-hybridized carbons (Fsp3) is 0.0714. The van der Waals surface area contributed by atoms with Crippen molar-refractivity contribution in [3.8, 4) is 11.4 Å². The Bertz CT molecular complexity index is 738. The molecule has 3 nitrogen and oxygen atoms in total. The second kappa shape index (κ2) is 5.09. The summed E-state index contributed by atoms with van der Waals surface area (Å²) in [7, 11) is 0. The molecule has 2 aromatic heterocycles. The molecule has 3 aromatic rings. The third kappa shape index (κ3) is 2.20. The summed E-state index contributed by atoms with van der Waals surface area (Å²) in [4.78, 5) is 4.02. The van der Waals surface area contributed by atoms with Gasteiger partial charge in [-0.15, -0.1) is 0 Å². The van der Waals surface area contributed by atoms with E-state index in [1.165, 1.54) is 18.5 Å². The maximum Gasteiger partial charge on any atom is 0.155 e. The summed E-state index contributed by atoms with van der Waals surface area (Å²) in [6.45, 7) is 0.400. The molecule has 0 fully saturated rings. The van der Waals surface area contributed by atoms with Gasteiger partial charge in [-0.3, -0.25) is 0 Å². The van der Waals surface area contributed by atoms with Gasteiger partial charge in [0.2, 0.25) is 0 Å². The Kier molecular flexibility index (Phi) is 3.28. The SMILES string of the molecule is Fc1ccc(Cl)c(F)c1-c1nccn1Cc1ccoc1. The van der Waals surface area contributed by atoms with Crippen LogP contribution in [0.4, 0.5) is 8.78 Å². The highest BCUT2D eigenvalue weighted by atomic mass is 35.5. The number of halogens is 3. The van der Waals surface area contributed by atoms with E-state index >= 15 is 0 Å². The largest absolute Gasteiger partial charge is 0.472 e. The second-order valence-electron chi connectivity index (χ2n) is 4.23. The van der Waals surface area contributed by atoms with Gasteiger partial charge in [0, 0.05) is 18.0 Å². The van der Waals surface area contributed by atoms with E-state index in [-0.39, 0.29) is 16.4 Å². The molecule has 0 spiro atoms. The zero-order valence-corrected chi connectivity index (χ0v) is 10.9. The van der Waals surface area contributed by atoms with Gasteiger partial charge in [-0.25, -0.2) is 13.8 Å². The average Bonchev–Trinajstić information content (AvgIpc) is 3.08. The lowest BCUT2D eigenvalue weighted by atomic mass is 10.2. The molecule has 0 aliphatic carbocycles. The topological polar surface area (TPSA) is 31.0 Å². The molecule has 3 rings (SSSR count). The first-order chi connectivity index (χ1) is 9.66. The van der Waals surface area contributed by atoms with Gasteiger partial charge in [0.05, 0.1) is 29.7 Å². The quantitative estimate of drug-likeness (QED) is 0.680. The van der Waals surface area contributed by atoms with Crippen molar-refractivity contribution >= 4 is 11.6 Å². The van der Waals surface area contributed by atoms with Crippen LogP contribution in [0.3, 0.4) is 0 Å². The van der Waals surface area contributed by atoms with Crippen LogP contribution in [0.1, 0.15) is 5.56 Å². The molecule has 0 radical (unpaired) electrons. The minimum atomic E-state index is -0.814. The summed E-state index contributed by atoms with van der Waals surface area (Å²) in [5, 5.41) is -0.140. The van der Waals surface area contributed by atoms with Gasteiger partial charge in [-0.05, 0) is 18.2 Å². The van der Waals surface area contributed by atoms with Crippen molar-refractivity contribution < 1.29 is 13.2 Å². The van der Waals surface area contributed by atoms with Gasteiger partial charge in [0.1, 0.15) is 11.6 Å². The molecule has 0 N–H and O–H groups in total. The molecule has 0 aliphatic heterocycles. The van der Waals surface area contributed by atoms with Crippen LogP contribution >= 0.6 is 11.6 Å². The van der Waals surface area contributed by atoms with Crippen LogP contribution in [-0.4, -0.2) is 9.55 Å². The number of nitrogens with zero attached hydrogens (tertiary/aromatic N) is 2. The Morgan fingerprint density at radius 1 is 1.25 bits per heavy atom. The van der Waals surface area contributed by atoms with Crippen LogP contribution in [0.2, 0.25) is 5.02 Å². The molecule has 0 atom stereocenters. The molecule has 6 heteroatoms. The van der Waals surface area contributed by atoms with E-state index in [9.17, 15) is 8.78 Å². The number of imidazole rings is 1. The number of hydrogen-bond acceptors (Lipinski definition) is 2. The van der Waals surface area contributed by atoms with Crippen LogP contribution in [0, 0.1) is 11.6 Å². The predicted octanol–water partition coefficient (Wildman–Crippen LogP) is 4.12. The number of aromatic nitrogens is 2. The highest BCUT2D eigenvalue weighted by molar-refractivity contribution is 6.31. The van der Waals surface area contributed by atoms with Gasteiger partial charge < -0.3 is 8.98 Å². The van der Waals surface area contributed by atoms with E-state index in [1.54, 1.807) is 23.1 Å². The summed E-state index contributed by atoms with van der Waals surface area (Å²) in [5.41, 5.74) is 0.637. The molecule has 0 saturated heterocycles. The molecule has 2 heterocycles. The minimum Gasteiger partial charge on any atom is -0.472 e. The molecule has 0 saturated carbocycles. The van der Waals surface area contributed by atoms with Crippen molar-refractivity contribution in [3.63, 3.8) is 0 Å². The lowest BCUT2D eigenvalue weighted by Gasteiger charge is -2.09. The molecule has 0 aliphatic rings. The van der Waals surface area contributed by atoms with E-state index in [2.05, 4.69) is 4.98 Å². The normalized spacial score (nSPS) is 10.9. The van der Waals surface area contributed by atoms with Crippen molar-refractivity contribution in [1.82, 2.24) is 9.55 Å². The lowest BCUT2D eigenvalue weighted by Crippen LogP contribution is -2.03. The molecule has 0 bridgehead atoms. The van der Waals surface area contributed by atoms with Crippen molar-refractivity contribution in [2.24, 2.45) is 0 Å². The van der Waals surface area contributed by atoms with Crippen LogP contribution in [0.5, 0.6) is 0 Å². The van der Waals surface area contributed by atoms with Gasteiger partial charge in [0.25, 0.3) is 0 Å². The van der Waals surface area contributed by atoms with E-state index < -0.39 is 11.6 Å². The van der Waals surface area contributed by atoms with Gasteiger partial charge in [-0.2, -0.15) is 0 Å². The Morgan fingerprint density at radius 3 is 2.85 bits per heavy atom. The maximum absolute atomic E-state index is 14.0. The average molecular weight is 295 g/mol. The van der Waals surface area contributed by atoms with Crippen LogP contribution in [0.15, 0.2) is 47.5 Å². The molecule has 0 amide bonds. The lowest BCUT2D eigenvalue weighted by molar-refractivity contribution is 0.562. The first-order valence-corrected chi connectivity index (χ1v) is 6.20. The Morgan fingerprint density at radius 2 is 2.10 bits per heavy atom. The maximum atomic E-state index is 14.0. The molecule has 102 valence electrons. The first kappa shape index (κ1) is 12.9. The summed E-state index contributed by atoms with van der Waals surface area (Å²) in [6, 6.07) is 4.07. The summed E-state index contributed by atoms with van der Waals surface area (Å²) < 4.78 is 34.5. The highest BCUT2D eigenvalue weighted by Gasteiger charge is 2.19. The minimum absolute atomic E-state index is 0.140. The molecular formula is C14H9ClF2N2O. The fourth-order valence-electron chi connectivity index (χ4n) is 1.98. The number of furan rings is 1. The van der Waals surface area contributed by atoms with Crippen LogP contribution in [0.25, 0.3) is 11.4 Å². The first-order valence-electron chi connectivity index (χ1n) is 5.83. The summed E-state index contributed by atoms with van der Waals surface area (Å²) >= 11 is 5.70. The number of rotatable bonds is 3. The van der Waals surface area contributed by atoms with Crippen LogP contribution in [-0.2, 0) is 6.54 Å². The highest BCUT2D eigenvalue weighted by Crippen LogP contribution is 2.29. The van der Waals surface area contributed by atoms with Crippen molar-refractivity contribution in [1.29, 1.82) is 0 Å². The van der Waals surface area contributed by atoms with Gasteiger partial charge in [-0.1, -0.05) is 11.6 Å². The van der Waals surface area contributed by atoms with Gasteiger partial charge in [0.15, 0.2) is 5.82 Å². The van der Waals surface area contributed by atoms with Crippen molar-refractivity contribution in [3.05, 3.63) is 65.3 Å². The van der Waals surface area contributed by atoms with Crippen molar-refractivity contribution in [2.75, 3.05) is 0 Å². The Labute approximate surface area is 118 Å². The number of hydrogen-bond donors (Lipinski definition) is 0. The van der Waals surface area contributed by atoms with E-state index in [0.717, 1.165) is 11.6 Å². The van der Waals surface area contributed by atoms with E-state index in [0.29, 0.717) is 6.54 Å². The van der Waals surface area contributed by atoms with Gasteiger partial charge >= 0.3 is 0 Å². The molecule has 0 unspecified atom stereocenters. The van der Waals surface area contributed by atoms with Crippen molar-refractivity contribution in [2.45, 2.75) is 6.54 Å². The monoisotopic (exact) mass is 294 g/mol. The smallest absolute Gasteiger partial charge is 0.155 e. The molecule has 20 heavy (non-hydrogen) atoms. The Balaban J connectivity index is 2.08. The fourth-order valence-corrected chi connectivity index (χ4v) is 2.13. The zero-order valence-electron chi connectivity index (χ0n) is 10.2. The van der Waals surface area contributed by atoms with Crippen LogP contribution < -0.4 is 0 Å². The summed E-state index contributed by atoms with van der Waals surface area (Å²) in [5.74, 6) is -1.33.